The minimum absolute atomic E-state index is 0.911. The highest BCUT2D eigenvalue weighted by Gasteiger charge is 2.11. The summed E-state index contributed by atoms with van der Waals surface area (Å²) in [7, 11) is 0. The van der Waals surface area contributed by atoms with Crippen LogP contribution < -0.4 is 0 Å². The van der Waals surface area contributed by atoms with Crippen molar-refractivity contribution < 1.29 is 0 Å². The number of H-pyrrole nitrogens is 2. The predicted molar refractivity (Wildman–Crippen MR) is 102 cm³/mol. The van der Waals surface area contributed by atoms with Gasteiger partial charge in [-0.15, -0.1) is 0 Å². The van der Waals surface area contributed by atoms with Gasteiger partial charge in [-0.2, -0.15) is 16.4 Å². The fourth-order valence-electron chi connectivity index (χ4n) is 3.10. The second-order valence-corrected chi connectivity index (χ2v) is 6.64. The van der Waals surface area contributed by atoms with Gasteiger partial charge in [0.25, 0.3) is 0 Å². The number of thiophene rings is 1. The third kappa shape index (κ3) is 2.45. The van der Waals surface area contributed by atoms with Gasteiger partial charge in [-0.3, -0.25) is 10.1 Å². The molecule has 0 saturated heterocycles. The Hall–Kier alpha value is -3.18. The molecule has 0 unspecified atom stereocenters. The first kappa shape index (κ1) is 14.2. The van der Waals surface area contributed by atoms with E-state index in [9.17, 15) is 0 Å². The molecule has 4 heterocycles. The highest BCUT2D eigenvalue weighted by atomic mass is 32.1. The van der Waals surface area contributed by atoms with Crippen molar-refractivity contribution in [3.8, 4) is 33.8 Å². The zero-order valence-electron chi connectivity index (χ0n) is 13.2. The SMILES string of the molecule is c1cc(-c2ccsc2)c2cc(-c3cc(-c4ccncc4)n[nH]3)[nH]c2c1. The summed E-state index contributed by atoms with van der Waals surface area (Å²) in [6.45, 7) is 0. The standard InChI is InChI=1S/C20H14N4S/c1-2-15(14-6-9-25-12-14)16-10-19(22-17(16)3-1)20-11-18(23-24-20)13-4-7-21-8-5-13/h1-12,22H,(H,23,24). The number of nitrogens with zero attached hydrogens (tertiary/aromatic N) is 2. The van der Waals surface area contributed by atoms with Crippen molar-refractivity contribution in [1.82, 2.24) is 20.2 Å². The number of fused-ring (bicyclic) bond motifs is 1. The van der Waals surface area contributed by atoms with Crippen LogP contribution >= 0.6 is 11.3 Å². The summed E-state index contributed by atoms with van der Waals surface area (Å²) in [5.74, 6) is 0. The molecule has 120 valence electrons. The van der Waals surface area contributed by atoms with Gasteiger partial charge in [0, 0.05) is 28.9 Å². The highest BCUT2D eigenvalue weighted by Crippen LogP contribution is 2.33. The van der Waals surface area contributed by atoms with Crippen LogP contribution in [0, 0.1) is 0 Å². The molecule has 4 aromatic heterocycles. The summed E-state index contributed by atoms with van der Waals surface area (Å²) in [6.07, 6.45) is 3.56. The molecular weight excluding hydrogens is 328 g/mol. The van der Waals surface area contributed by atoms with Crippen LogP contribution in [0.25, 0.3) is 44.7 Å². The van der Waals surface area contributed by atoms with E-state index in [1.54, 1.807) is 23.7 Å². The van der Waals surface area contributed by atoms with Crippen molar-refractivity contribution in [3.63, 3.8) is 0 Å². The molecule has 0 aliphatic rings. The van der Waals surface area contributed by atoms with Gasteiger partial charge in [0.2, 0.25) is 0 Å². The van der Waals surface area contributed by atoms with Crippen LogP contribution in [-0.4, -0.2) is 20.2 Å². The molecule has 4 nitrogen and oxygen atoms in total. The molecule has 5 heteroatoms. The molecule has 0 amide bonds. The molecule has 0 radical (unpaired) electrons. The number of hydrogen-bond acceptors (Lipinski definition) is 3. The Balaban J connectivity index is 1.60. The molecule has 0 aliphatic heterocycles. The van der Waals surface area contributed by atoms with Gasteiger partial charge in [-0.25, -0.2) is 0 Å². The van der Waals surface area contributed by atoms with E-state index in [0.717, 1.165) is 28.2 Å². The summed E-state index contributed by atoms with van der Waals surface area (Å²) in [4.78, 5) is 7.55. The van der Waals surface area contributed by atoms with Gasteiger partial charge in [-0.05, 0) is 58.3 Å². The summed E-state index contributed by atoms with van der Waals surface area (Å²) >= 11 is 1.72. The molecule has 0 bridgehead atoms. The average Bonchev–Trinajstić information content (AvgIpc) is 3.41. The molecule has 0 saturated carbocycles. The van der Waals surface area contributed by atoms with Crippen molar-refractivity contribution in [2.45, 2.75) is 0 Å². The summed E-state index contributed by atoms with van der Waals surface area (Å²) in [5, 5.41) is 13.1. The molecule has 5 rings (SSSR count). The zero-order chi connectivity index (χ0) is 16.6. The normalized spacial score (nSPS) is 11.2. The van der Waals surface area contributed by atoms with Gasteiger partial charge in [-0.1, -0.05) is 12.1 Å². The third-order valence-electron chi connectivity index (χ3n) is 4.34. The number of nitrogens with one attached hydrogen (secondary N) is 2. The lowest BCUT2D eigenvalue weighted by Gasteiger charge is -1.99. The molecule has 0 spiro atoms. The molecule has 0 aliphatic carbocycles. The lowest BCUT2D eigenvalue weighted by atomic mass is 10.0. The van der Waals surface area contributed by atoms with E-state index in [2.05, 4.69) is 67.3 Å². The number of pyridine rings is 1. The van der Waals surface area contributed by atoms with E-state index in [1.165, 1.54) is 16.5 Å². The molecule has 2 N–H and O–H groups in total. The van der Waals surface area contributed by atoms with Gasteiger partial charge in [0.05, 0.1) is 17.1 Å². The maximum atomic E-state index is 4.43. The van der Waals surface area contributed by atoms with Crippen LogP contribution in [0.2, 0.25) is 0 Å². The van der Waals surface area contributed by atoms with E-state index in [4.69, 9.17) is 0 Å². The lowest BCUT2D eigenvalue weighted by molar-refractivity contribution is 1.09. The summed E-state index contributed by atoms with van der Waals surface area (Å²) in [5.41, 5.74) is 7.59. The van der Waals surface area contributed by atoms with Crippen molar-refractivity contribution in [1.29, 1.82) is 0 Å². The van der Waals surface area contributed by atoms with Gasteiger partial charge < -0.3 is 4.98 Å². The monoisotopic (exact) mass is 342 g/mol. The van der Waals surface area contributed by atoms with Gasteiger partial charge in [0.1, 0.15) is 0 Å². The fraction of sp³-hybridized carbons (Fsp3) is 0. The maximum Gasteiger partial charge on any atom is 0.0928 e. The van der Waals surface area contributed by atoms with Crippen LogP contribution in [0.3, 0.4) is 0 Å². The summed E-state index contributed by atoms with van der Waals surface area (Å²) in [6, 6.07) is 16.7. The zero-order valence-corrected chi connectivity index (χ0v) is 14.0. The molecular formula is C20H14N4S. The van der Waals surface area contributed by atoms with Crippen LogP contribution in [0.15, 0.2) is 71.7 Å². The topological polar surface area (TPSA) is 57.4 Å². The number of aromatic amines is 2. The van der Waals surface area contributed by atoms with Crippen LogP contribution in [-0.2, 0) is 0 Å². The van der Waals surface area contributed by atoms with Crippen molar-refractivity contribution in [2.24, 2.45) is 0 Å². The Morgan fingerprint density at radius 1 is 0.880 bits per heavy atom. The minimum atomic E-state index is 0.911. The van der Waals surface area contributed by atoms with Gasteiger partial charge in [0.15, 0.2) is 0 Å². The first-order chi connectivity index (χ1) is 12.4. The van der Waals surface area contributed by atoms with Gasteiger partial charge >= 0.3 is 0 Å². The van der Waals surface area contributed by atoms with Crippen LogP contribution in [0.4, 0.5) is 0 Å². The Kier molecular flexibility index (Phi) is 3.24. The Bertz CT molecular complexity index is 1140. The first-order valence-electron chi connectivity index (χ1n) is 7.99. The fourth-order valence-corrected chi connectivity index (χ4v) is 3.76. The third-order valence-corrected chi connectivity index (χ3v) is 5.02. The first-order valence-corrected chi connectivity index (χ1v) is 8.93. The second kappa shape index (κ2) is 5.72. The Labute approximate surface area is 148 Å². The number of rotatable bonds is 3. The largest absolute Gasteiger partial charge is 0.353 e. The maximum absolute atomic E-state index is 4.43. The second-order valence-electron chi connectivity index (χ2n) is 5.86. The van der Waals surface area contributed by atoms with E-state index < -0.39 is 0 Å². The van der Waals surface area contributed by atoms with E-state index in [1.807, 2.05) is 12.1 Å². The lowest BCUT2D eigenvalue weighted by Crippen LogP contribution is -1.77. The van der Waals surface area contributed by atoms with E-state index in [-0.39, 0.29) is 0 Å². The Morgan fingerprint density at radius 3 is 2.64 bits per heavy atom. The van der Waals surface area contributed by atoms with Crippen LogP contribution in [0.1, 0.15) is 0 Å². The van der Waals surface area contributed by atoms with E-state index >= 15 is 0 Å². The number of aromatic nitrogens is 4. The number of hydrogen-bond donors (Lipinski definition) is 2. The van der Waals surface area contributed by atoms with Crippen molar-refractivity contribution >= 4 is 22.2 Å². The molecule has 5 aromatic rings. The minimum Gasteiger partial charge on any atom is -0.353 e. The molecule has 0 fully saturated rings. The molecule has 1 aromatic carbocycles. The quantitative estimate of drug-likeness (QED) is 0.464. The molecule has 25 heavy (non-hydrogen) atoms. The van der Waals surface area contributed by atoms with Crippen LogP contribution in [0.5, 0.6) is 0 Å². The predicted octanol–water partition coefficient (Wildman–Crippen LogP) is 5.35. The van der Waals surface area contributed by atoms with Crippen molar-refractivity contribution in [2.75, 3.05) is 0 Å². The number of benzene rings is 1. The van der Waals surface area contributed by atoms with E-state index in [0.29, 0.717) is 0 Å². The summed E-state index contributed by atoms with van der Waals surface area (Å²) < 4.78 is 0. The average molecular weight is 342 g/mol. The van der Waals surface area contributed by atoms with Crippen molar-refractivity contribution in [3.05, 3.63) is 71.7 Å². The Morgan fingerprint density at radius 2 is 1.80 bits per heavy atom. The highest BCUT2D eigenvalue weighted by molar-refractivity contribution is 7.08. The molecule has 0 atom stereocenters. The smallest absolute Gasteiger partial charge is 0.0928 e.